The van der Waals surface area contributed by atoms with Gasteiger partial charge in [-0.15, -0.1) is 5.06 Å². The van der Waals surface area contributed by atoms with Gasteiger partial charge in [0, 0.05) is 0 Å². The van der Waals surface area contributed by atoms with Crippen molar-refractivity contribution in [2.75, 3.05) is 27.2 Å². The fourth-order valence-electron chi connectivity index (χ4n) is 1.82. The summed E-state index contributed by atoms with van der Waals surface area (Å²) in [5, 5.41) is 0.861. The van der Waals surface area contributed by atoms with Crippen LogP contribution in [0.3, 0.4) is 0 Å². The lowest BCUT2D eigenvalue weighted by Crippen LogP contribution is -2.31. The van der Waals surface area contributed by atoms with Crippen LogP contribution in [0.15, 0.2) is 24.3 Å². The molecule has 0 bridgehead atoms. The molecule has 0 N–H and O–H groups in total. The van der Waals surface area contributed by atoms with Crippen molar-refractivity contribution in [3.8, 4) is 0 Å². The largest absolute Gasteiger partial charge is 0.309 e. The van der Waals surface area contributed by atoms with Gasteiger partial charge in [0.05, 0.1) is 17.7 Å². The maximum absolute atomic E-state index is 11.9. The number of rotatable bonds is 5. The van der Waals surface area contributed by atoms with Gasteiger partial charge in [-0.25, -0.2) is 0 Å². The molecule has 0 aromatic heterocycles. The number of imide groups is 1. The summed E-state index contributed by atoms with van der Waals surface area (Å²) < 4.78 is 0. The average Bonchev–Trinajstić information content (AvgIpc) is 2.59. The summed E-state index contributed by atoms with van der Waals surface area (Å²) in [6.45, 7) is 1.20. The predicted molar refractivity (Wildman–Crippen MR) is 66.1 cm³/mol. The van der Waals surface area contributed by atoms with E-state index < -0.39 is 0 Å². The van der Waals surface area contributed by atoms with Crippen LogP contribution < -0.4 is 0 Å². The van der Waals surface area contributed by atoms with Crippen molar-refractivity contribution >= 4 is 11.8 Å². The van der Waals surface area contributed by atoms with Crippen LogP contribution in [0.4, 0.5) is 0 Å². The smallest absolute Gasteiger partial charge is 0.285 e. The Kier molecular flexibility index (Phi) is 3.74. The van der Waals surface area contributed by atoms with Crippen molar-refractivity contribution in [2.45, 2.75) is 6.42 Å². The molecule has 1 heterocycles. The summed E-state index contributed by atoms with van der Waals surface area (Å²) in [5.74, 6) is -0.749. The van der Waals surface area contributed by atoms with Crippen LogP contribution in [0.5, 0.6) is 0 Å². The highest BCUT2D eigenvalue weighted by molar-refractivity contribution is 6.20. The Morgan fingerprint density at radius 1 is 1.11 bits per heavy atom. The van der Waals surface area contributed by atoms with Crippen LogP contribution in [0.1, 0.15) is 27.1 Å². The normalized spacial score (nSPS) is 14.5. The maximum Gasteiger partial charge on any atom is 0.285 e. The molecule has 0 unspecified atom stereocenters. The van der Waals surface area contributed by atoms with Crippen LogP contribution >= 0.6 is 0 Å². The Morgan fingerprint density at radius 3 is 2.17 bits per heavy atom. The fraction of sp³-hybridized carbons (Fsp3) is 0.385. The van der Waals surface area contributed by atoms with E-state index in [0.717, 1.165) is 18.0 Å². The summed E-state index contributed by atoms with van der Waals surface area (Å²) in [7, 11) is 3.92. The lowest BCUT2D eigenvalue weighted by atomic mass is 10.1. The van der Waals surface area contributed by atoms with Gasteiger partial charge in [-0.3, -0.25) is 14.4 Å². The molecule has 1 aliphatic heterocycles. The summed E-state index contributed by atoms with van der Waals surface area (Å²) in [4.78, 5) is 31.1. The molecule has 96 valence electrons. The molecule has 0 spiro atoms. The Labute approximate surface area is 106 Å². The van der Waals surface area contributed by atoms with Gasteiger partial charge in [0.1, 0.15) is 0 Å². The Balaban J connectivity index is 1.97. The minimum atomic E-state index is -0.375. The van der Waals surface area contributed by atoms with Gasteiger partial charge in [-0.2, -0.15) is 0 Å². The quantitative estimate of drug-likeness (QED) is 0.579. The molecule has 0 fully saturated rings. The maximum atomic E-state index is 11.9. The number of carbonyl (C=O) groups is 2. The van der Waals surface area contributed by atoms with Crippen molar-refractivity contribution in [1.82, 2.24) is 9.96 Å². The lowest BCUT2D eigenvalue weighted by molar-refractivity contribution is -0.0926. The van der Waals surface area contributed by atoms with Crippen LogP contribution in [0.25, 0.3) is 0 Å². The van der Waals surface area contributed by atoms with Gasteiger partial charge in [0.2, 0.25) is 0 Å². The summed E-state index contributed by atoms with van der Waals surface area (Å²) in [5.41, 5.74) is 0.824. The van der Waals surface area contributed by atoms with E-state index in [0.29, 0.717) is 17.7 Å². The van der Waals surface area contributed by atoms with Crippen molar-refractivity contribution in [2.24, 2.45) is 0 Å². The molecule has 1 aromatic carbocycles. The molecular weight excluding hydrogens is 232 g/mol. The first-order valence-corrected chi connectivity index (χ1v) is 5.86. The van der Waals surface area contributed by atoms with E-state index in [4.69, 9.17) is 4.84 Å². The molecule has 0 aliphatic carbocycles. The minimum Gasteiger partial charge on any atom is -0.309 e. The SMILES string of the molecule is CN(C)CCCON1C(=O)c2ccccc2C1=O. The Morgan fingerprint density at radius 2 is 1.67 bits per heavy atom. The van der Waals surface area contributed by atoms with E-state index in [2.05, 4.69) is 0 Å². The molecule has 1 aliphatic rings. The number of carbonyl (C=O) groups excluding carboxylic acids is 2. The van der Waals surface area contributed by atoms with Crippen molar-refractivity contribution < 1.29 is 14.4 Å². The monoisotopic (exact) mass is 248 g/mol. The zero-order valence-corrected chi connectivity index (χ0v) is 10.5. The van der Waals surface area contributed by atoms with Crippen LogP contribution in [0, 0.1) is 0 Å². The first kappa shape index (κ1) is 12.7. The van der Waals surface area contributed by atoms with Gasteiger partial charge in [0.25, 0.3) is 11.8 Å². The van der Waals surface area contributed by atoms with Gasteiger partial charge in [0.15, 0.2) is 0 Å². The second-order valence-corrected chi connectivity index (χ2v) is 4.44. The van der Waals surface area contributed by atoms with Gasteiger partial charge in [-0.05, 0) is 39.2 Å². The van der Waals surface area contributed by atoms with Gasteiger partial charge >= 0.3 is 0 Å². The molecule has 0 saturated carbocycles. The predicted octanol–water partition coefficient (Wildman–Crippen LogP) is 1.17. The summed E-state index contributed by atoms with van der Waals surface area (Å²) >= 11 is 0. The third-order valence-electron chi connectivity index (χ3n) is 2.73. The lowest BCUT2D eigenvalue weighted by Gasteiger charge is -2.14. The van der Waals surface area contributed by atoms with Gasteiger partial charge in [-0.1, -0.05) is 12.1 Å². The molecule has 2 amide bonds. The second-order valence-electron chi connectivity index (χ2n) is 4.44. The van der Waals surface area contributed by atoms with E-state index in [9.17, 15) is 9.59 Å². The third kappa shape index (κ3) is 2.42. The number of benzene rings is 1. The molecule has 18 heavy (non-hydrogen) atoms. The van der Waals surface area contributed by atoms with Crippen molar-refractivity contribution in [3.63, 3.8) is 0 Å². The molecule has 0 atom stereocenters. The van der Waals surface area contributed by atoms with Crippen LogP contribution in [0.2, 0.25) is 0 Å². The molecule has 2 rings (SSSR count). The number of hydrogen-bond donors (Lipinski definition) is 0. The first-order chi connectivity index (χ1) is 8.61. The molecule has 0 radical (unpaired) electrons. The first-order valence-electron chi connectivity index (χ1n) is 5.86. The zero-order valence-electron chi connectivity index (χ0n) is 10.5. The second kappa shape index (κ2) is 5.29. The highest BCUT2D eigenvalue weighted by Gasteiger charge is 2.36. The standard InChI is InChI=1S/C13H16N2O3/c1-14(2)8-5-9-18-15-12(16)10-6-3-4-7-11(10)13(15)17/h3-4,6-7H,5,8-9H2,1-2H3. The van der Waals surface area contributed by atoms with Crippen molar-refractivity contribution in [1.29, 1.82) is 0 Å². The molecular formula is C13H16N2O3. The van der Waals surface area contributed by atoms with E-state index in [-0.39, 0.29) is 11.8 Å². The van der Waals surface area contributed by atoms with E-state index in [1.54, 1.807) is 24.3 Å². The van der Waals surface area contributed by atoms with E-state index >= 15 is 0 Å². The number of hydrogen-bond acceptors (Lipinski definition) is 4. The number of hydroxylamine groups is 2. The van der Waals surface area contributed by atoms with Crippen LogP contribution in [-0.2, 0) is 4.84 Å². The zero-order chi connectivity index (χ0) is 13.1. The number of fused-ring (bicyclic) bond motifs is 1. The van der Waals surface area contributed by atoms with E-state index in [1.807, 2.05) is 19.0 Å². The highest BCUT2D eigenvalue weighted by Crippen LogP contribution is 2.22. The van der Waals surface area contributed by atoms with Crippen LogP contribution in [-0.4, -0.2) is 49.0 Å². The number of nitrogens with zero attached hydrogens (tertiary/aromatic N) is 2. The van der Waals surface area contributed by atoms with Gasteiger partial charge < -0.3 is 4.90 Å². The van der Waals surface area contributed by atoms with E-state index in [1.165, 1.54) is 0 Å². The topological polar surface area (TPSA) is 49.9 Å². The average molecular weight is 248 g/mol. The molecule has 1 aromatic rings. The summed E-state index contributed by atoms with van der Waals surface area (Å²) in [6, 6.07) is 6.75. The number of amides is 2. The summed E-state index contributed by atoms with van der Waals surface area (Å²) in [6.07, 6.45) is 0.764. The van der Waals surface area contributed by atoms with Crippen molar-refractivity contribution in [3.05, 3.63) is 35.4 Å². The molecule has 5 heteroatoms. The Bertz CT molecular complexity index is 436. The minimum absolute atomic E-state index is 0.351. The third-order valence-corrected chi connectivity index (χ3v) is 2.73. The molecule has 0 saturated heterocycles. The fourth-order valence-corrected chi connectivity index (χ4v) is 1.82. The molecule has 5 nitrogen and oxygen atoms in total. The Hall–Kier alpha value is -1.72. The highest BCUT2D eigenvalue weighted by atomic mass is 16.7.